The van der Waals surface area contributed by atoms with E-state index in [1.54, 1.807) is 11.8 Å². The number of rotatable bonds is 6. The lowest BCUT2D eigenvalue weighted by molar-refractivity contribution is -0.151. The number of amides is 1. The van der Waals surface area contributed by atoms with Crippen LogP contribution in [0.3, 0.4) is 0 Å². The van der Waals surface area contributed by atoms with Crippen LogP contribution in [-0.4, -0.2) is 48.5 Å². The van der Waals surface area contributed by atoms with Crippen molar-refractivity contribution in [1.29, 1.82) is 0 Å². The lowest BCUT2D eigenvalue weighted by Gasteiger charge is -2.31. The zero-order valence-corrected chi connectivity index (χ0v) is 12.1. The van der Waals surface area contributed by atoms with Gasteiger partial charge in [-0.2, -0.15) is 11.8 Å². The molecule has 0 saturated carbocycles. The van der Waals surface area contributed by atoms with Crippen molar-refractivity contribution in [2.24, 2.45) is 5.92 Å². The molecule has 0 radical (unpaired) electrons. The van der Waals surface area contributed by atoms with Gasteiger partial charge in [-0.1, -0.05) is 0 Å². The predicted octanol–water partition coefficient (Wildman–Crippen LogP) is 1.93. The van der Waals surface area contributed by atoms with Gasteiger partial charge in [0.25, 0.3) is 0 Å². The van der Waals surface area contributed by atoms with E-state index in [0.717, 1.165) is 31.6 Å². The third-order valence-corrected chi connectivity index (χ3v) is 3.83. The number of hydrogen-bond acceptors (Lipinski definition) is 4. The normalized spacial score (nSPS) is 19.7. The molecule has 0 aromatic heterocycles. The molecule has 1 atom stereocenters. The fourth-order valence-electron chi connectivity index (χ4n) is 2.18. The van der Waals surface area contributed by atoms with Crippen molar-refractivity contribution in [3.8, 4) is 0 Å². The number of esters is 1. The molecule has 1 amide bonds. The number of likely N-dealkylation sites (tertiary alicyclic amines) is 1. The maximum Gasteiger partial charge on any atom is 0.310 e. The van der Waals surface area contributed by atoms with E-state index in [1.165, 1.54) is 0 Å². The summed E-state index contributed by atoms with van der Waals surface area (Å²) in [7, 11) is 0. The van der Waals surface area contributed by atoms with E-state index in [1.807, 2.05) is 18.1 Å². The second kappa shape index (κ2) is 8.40. The van der Waals surface area contributed by atoms with Crippen LogP contribution in [0.25, 0.3) is 0 Å². The smallest absolute Gasteiger partial charge is 0.310 e. The van der Waals surface area contributed by atoms with Crippen LogP contribution in [0.5, 0.6) is 0 Å². The zero-order chi connectivity index (χ0) is 13.4. The lowest BCUT2D eigenvalue weighted by Crippen LogP contribution is -2.42. The van der Waals surface area contributed by atoms with E-state index in [9.17, 15) is 9.59 Å². The highest BCUT2D eigenvalue weighted by atomic mass is 32.2. The van der Waals surface area contributed by atoms with E-state index in [2.05, 4.69) is 0 Å². The van der Waals surface area contributed by atoms with Gasteiger partial charge in [-0.25, -0.2) is 0 Å². The SMILES string of the molecule is CCOC(=O)C1CCCN(C(=O)CCCSC)C1. The number of nitrogens with zero attached hydrogens (tertiary/aromatic N) is 1. The van der Waals surface area contributed by atoms with Gasteiger partial charge in [-0.15, -0.1) is 0 Å². The molecule has 1 aliphatic heterocycles. The third-order valence-electron chi connectivity index (χ3n) is 3.13. The fourth-order valence-corrected chi connectivity index (χ4v) is 2.62. The average molecular weight is 273 g/mol. The number of ether oxygens (including phenoxy) is 1. The summed E-state index contributed by atoms with van der Waals surface area (Å²) in [6.07, 6.45) is 5.30. The molecule has 0 bridgehead atoms. The monoisotopic (exact) mass is 273 g/mol. The molecule has 1 rings (SSSR count). The number of carbonyl (C=O) groups excluding carboxylic acids is 2. The highest BCUT2D eigenvalue weighted by Gasteiger charge is 2.28. The topological polar surface area (TPSA) is 46.6 Å². The first-order valence-electron chi connectivity index (χ1n) is 6.62. The number of thioether (sulfide) groups is 1. The molecular weight excluding hydrogens is 250 g/mol. The van der Waals surface area contributed by atoms with E-state index in [0.29, 0.717) is 19.6 Å². The molecule has 0 aromatic carbocycles. The minimum absolute atomic E-state index is 0.122. The Morgan fingerprint density at radius 2 is 2.22 bits per heavy atom. The Bertz CT molecular complexity index is 283. The average Bonchev–Trinajstić information content (AvgIpc) is 2.39. The molecule has 1 aliphatic rings. The van der Waals surface area contributed by atoms with Crippen molar-refractivity contribution in [3.05, 3.63) is 0 Å². The second-order valence-electron chi connectivity index (χ2n) is 4.53. The van der Waals surface area contributed by atoms with Crippen molar-refractivity contribution in [2.75, 3.05) is 31.7 Å². The Kier molecular flexibility index (Phi) is 7.16. The maximum atomic E-state index is 12.0. The van der Waals surface area contributed by atoms with Crippen molar-refractivity contribution >= 4 is 23.6 Å². The minimum Gasteiger partial charge on any atom is -0.466 e. The van der Waals surface area contributed by atoms with Gasteiger partial charge in [0.1, 0.15) is 0 Å². The first kappa shape index (κ1) is 15.3. The van der Waals surface area contributed by atoms with Gasteiger partial charge < -0.3 is 9.64 Å². The van der Waals surface area contributed by atoms with Gasteiger partial charge in [-0.3, -0.25) is 9.59 Å². The Morgan fingerprint density at radius 3 is 2.89 bits per heavy atom. The Balaban J connectivity index is 2.38. The maximum absolute atomic E-state index is 12.0. The van der Waals surface area contributed by atoms with Gasteiger partial charge in [0.2, 0.25) is 5.91 Å². The van der Waals surface area contributed by atoms with E-state index in [-0.39, 0.29) is 17.8 Å². The molecule has 5 heteroatoms. The van der Waals surface area contributed by atoms with Crippen LogP contribution in [-0.2, 0) is 14.3 Å². The summed E-state index contributed by atoms with van der Waals surface area (Å²) in [6, 6.07) is 0. The minimum atomic E-state index is -0.154. The van der Waals surface area contributed by atoms with Crippen molar-refractivity contribution in [2.45, 2.75) is 32.6 Å². The number of carbonyl (C=O) groups is 2. The van der Waals surface area contributed by atoms with Crippen molar-refractivity contribution in [3.63, 3.8) is 0 Å². The lowest BCUT2D eigenvalue weighted by atomic mass is 9.98. The summed E-state index contributed by atoms with van der Waals surface area (Å²) in [6.45, 7) is 3.55. The van der Waals surface area contributed by atoms with Crippen LogP contribution < -0.4 is 0 Å². The first-order valence-corrected chi connectivity index (χ1v) is 8.01. The molecule has 4 nitrogen and oxygen atoms in total. The van der Waals surface area contributed by atoms with E-state index in [4.69, 9.17) is 4.74 Å². The Morgan fingerprint density at radius 1 is 1.44 bits per heavy atom. The number of hydrogen-bond donors (Lipinski definition) is 0. The highest BCUT2D eigenvalue weighted by Crippen LogP contribution is 2.19. The molecular formula is C13H23NO3S. The quantitative estimate of drug-likeness (QED) is 0.548. The molecule has 18 heavy (non-hydrogen) atoms. The molecule has 1 heterocycles. The molecule has 104 valence electrons. The van der Waals surface area contributed by atoms with Crippen LogP contribution in [0.1, 0.15) is 32.6 Å². The fraction of sp³-hybridized carbons (Fsp3) is 0.846. The van der Waals surface area contributed by atoms with E-state index >= 15 is 0 Å². The molecule has 0 N–H and O–H groups in total. The summed E-state index contributed by atoms with van der Waals surface area (Å²) in [5.41, 5.74) is 0. The molecule has 1 fully saturated rings. The standard InChI is InChI=1S/C13H23NO3S/c1-3-17-13(16)11-6-4-8-14(10-11)12(15)7-5-9-18-2/h11H,3-10H2,1-2H3. The van der Waals surface area contributed by atoms with Gasteiger partial charge in [0.05, 0.1) is 12.5 Å². The van der Waals surface area contributed by atoms with E-state index < -0.39 is 0 Å². The zero-order valence-electron chi connectivity index (χ0n) is 11.3. The highest BCUT2D eigenvalue weighted by molar-refractivity contribution is 7.98. The van der Waals surface area contributed by atoms with Gasteiger partial charge in [0.15, 0.2) is 0 Å². The Labute approximate surface area is 113 Å². The second-order valence-corrected chi connectivity index (χ2v) is 5.51. The van der Waals surface area contributed by atoms with Gasteiger partial charge in [0, 0.05) is 19.5 Å². The first-order chi connectivity index (χ1) is 8.69. The summed E-state index contributed by atoms with van der Waals surface area (Å²) in [5, 5.41) is 0. The molecule has 1 saturated heterocycles. The molecule has 0 spiro atoms. The summed E-state index contributed by atoms with van der Waals surface area (Å²) in [5.74, 6) is 0.918. The summed E-state index contributed by atoms with van der Waals surface area (Å²) in [4.78, 5) is 25.5. The molecule has 0 aliphatic carbocycles. The summed E-state index contributed by atoms with van der Waals surface area (Å²) < 4.78 is 5.03. The van der Waals surface area contributed by atoms with Crippen LogP contribution >= 0.6 is 11.8 Å². The van der Waals surface area contributed by atoms with Gasteiger partial charge in [-0.05, 0) is 38.2 Å². The summed E-state index contributed by atoms with van der Waals surface area (Å²) >= 11 is 1.76. The van der Waals surface area contributed by atoms with Crippen LogP contribution in [0, 0.1) is 5.92 Å². The molecule has 1 unspecified atom stereocenters. The predicted molar refractivity (Wildman–Crippen MR) is 73.6 cm³/mol. The van der Waals surface area contributed by atoms with Crippen LogP contribution in [0.2, 0.25) is 0 Å². The van der Waals surface area contributed by atoms with Crippen LogP contribution in [0.4, 0.5) is 0 Å². The molecule has 0 aromatic rings. The third kappa shape index (κ3) is 4.88. The van der Waals surface area contributed by atoms with Crippen molar-refractivity contribution < 1.29 is 14.3 Å². The van der Waals surface area contributed by atoms with Gasteiger partial charge >= 0.3 is 5.97 Å². The number of piperidine rings is 1. The van der Waals surface area contributed by atoms with Crippen LogP contribution in [0.15, 0.2) is 0 Å². The van der Waals surface area contributed by atoms with Crippen molar-refractivity contribution in [1.82, 2.24) is 4.90 Å². The largest absolute Gasteiger partial charge is 0.466 e. The Hall–Kier alpha value is -0.710.